The summed E-state index contributed by atoms with van der Waals surface area (Å²) in [5.41, 5.74) is 22.5. The molecule has 4 aliphatic rings. The van der Waals surface area contributed by atoms with Gasteiger partial charge in [0.05, 0.1) is 16.5 Å². The lowest BCUT2D eigenvalue weighted by atomic mass is 9.70. The summed E-state index contributed by atoms with van der Waals surface area (Å²) in [5, 5.41) is 0. The van der Waals surface area contributed by atoms with Gasteiger partial charge in [0.15, 0.2) is 17.1 Å². The Morgan fingerprint density at radius 3 is 1.96 bits per heavy atom. The highest BCUT2D eigenvalue weighted by molar-refractivity contribution is 6.08. The number of fused-ring (bicyclic) bond motifs is 12. The summed E-state index contributed by atoms with van der Waals surface area (Å²) in [6.45, 7) is 2.24. The summed E-state index contributed by atoms with van der Waals surface area (Å²) in [4.78, 5) is 0. The number of aryl methyl sites for hydroxylation is 1. The van der Waals surface area contributed by atoms with Crippen molar-refractivity contribution in [1.82, 2.24) is 4.48 Å². The molecule has 2 aliphatic heterocycles. The van der Waals surface area contributed by atoms with Crippen LogP contribution in [0.3, 0.4) is 0 Å². The molecule has 2 aliphatic carbocycles. The third-order valence-corrected chi connectivity index (χ3v) is 11.1. The zero-order chi connectivity index (χ0) is 29.5. The molecule has 1 heteroatoms. The van der Waals surface area contributed by atoms with Gasteiger partial charge in [0.25, 0.3) is 0 Å². The minimum absolute atomic E-state index is 0.362. The van der Waals surface area contributed by atoms with Crippen molar-refractivity contribution < 1.29 is 0 Å². The molecule has 7 aromatic carbocycles. The number of nitrogens with zero attached hydrogens (tertiary/aromatic N) is 1. The molecule has 0 fully saturated rings. The predicted molar refractivity (Wildman–Crippen MR) is 186 cm³/mol. The zero-order valence-electron chi connectivity index (χ0n) is 24.9. The highest BCUT2D eigenvalue weighted by atomic mass is 15.4. The van der Waals surface area contributed by atoms with Gasteiger partial charge in [-0.15, -0.1) is 0 Å². The molecule has 0 amide bonds. The second kappa shape index (κ2) is 7.95. The van der Waals surface area contributed by atoms with Crippen molar-refractivity contribution in [3.05, 3.63) is 179 Å². The SMILES string of the molecule is Cc1ccc2c(c1)C13c4cc(ccc4-2)[N+]2(c4ccccc4-c4cc(-c5ccccc5)ccc42)c2cccc(c21)-c1ccccc13. The molecule has 2 atom stereocenters. The molecule has 0 aromatic heterocycles. The van der Waals surface area contributed by atoms with Gasteiger partial charge in [0.2, 0.25) is 0 Å². The van der Waals surface area contributed by atoms with E-state index in [4.69, 9.17) is 0 Å². The van der Waals surface area contributed by atoms with Gasteiger partial charge in [-0.25, -0.2) is 0 Å². The van der Waals surface area contributed by atoms with Crippen molar-refractivity contribution in [3.63, 3.8) is 0 Å². The van der Waals surface area contributed by atoms with E-state index in [1.54, 1.807) is 0 Å². The minimum atomic E-state index is -0.362. The standard InChI is InChI=1S/C44H28N/c1-27-18-21-32-33-22-20-30-26-39(33)44(38(32)24-27)37-15-7-5-12-31(37)35-14-9-17-42(43(35)44)45(30)40-16-8-6-13-34(40)36-25-29(19-23-41(36)45)28-10-3-2-4-11-28/h2-26H,1H3/q+1. The van der Waals surface area contributed by atoms with Crippen molar-refractivity contribution >= 4 is 22.7 Å². The Kier molecular flexibility index (Phi) is 4.22. The summed E-state index contributed by atoms with van der Waals surface area (Å²) < 4.78 is 0.591. The molecule has 208 valence electrons. The van der Waals surface area contributed by atoms with Crippen LogP contribution >= 0.6 is 0 Å². The van der Waals surface area contributed by atoms with Crippen LogP contribution in [0.5, 0.6) is 0 Å². The van der Waals surface area contributed by atoms with Gasteiger partial charge < -0.3 is 0 Å². The van der Waals surface area contributed by atoms with Gasteiger partial charge in [-0.2, -0.15) is 4.48 Å². The van der Waals surface area contributed by atoms with Crippen LogP contribution in [0.2, 0.25) is 0 Å². The van der Waals surface area contributed by atoms with E-state index in [0.29, 0.717) is 4.48 Å². The fourth-order valence-electron chi connectivity index (χ4n) is 9.47. The predicted octanol–water partition coefficient (Wildman–Crippen LogP) is 11.6. The first-order valence-electron chi connectivity index (χ1n) is 15.9. The maximum atomic E-state index is 2.56. The zero-order valence-corrected chi connectivity index (χ0v) is 24.9. The van der Waals surface area contributed by atoms with Crippen molar-refractivity contribution in [2.45, 2.75) is 12.3 Å². The van der Waals surface area contributed by atoms with Gasteiger partial charge in [-0.05, 0) is 81.3 Å². The van der Waals surface area contributed by atoms with E-state index in [9.17, 15) is 0 Å². The van der Waals surface area contributed by atoms with Crippen LogP contribution in [0.4, 0.5) is 22.7 Å². The van der Waals surface area contributed by atoms with E-state index >= 15 is 0 Å². The second-order valence-electron chi connectivity index (χ2n) is 13.1. The average molecular weight is 571 g/mol. The quantitative estimate of drug-likeness (QED) is 0.172. The third kappa shape index (κ3) is 2.56. The smallest absolute Gasteiger partial charge is 0.156 e. The lowest BCUT2D eigenvalue weighted by molar-refractivity contribution is 0.706. The highest BCUT2D eigenvalue weighted by Crippen LogP contribution is 2.72. The molecular formula is C44H28N+. The van der Waals surface area contributed by atoms with Gasteiger partial charge in [-0.3, -0.25) is 0 Å². The average Bonchev–Trinajstić information content (AvgIpc) is 3.66. The van der Waals surface area contributed by atoms with E-state index in [1.165, 1.54) is 95.1 Å². The molecular weight excluding hydrogens is 542 g/mol. The Balaban J connectivity index is 1.34. The first-order chi connectivity index (χ1) is 22.2. The summed E-state index contributed by atoms with van der Waals surface area (Å²) in [6.07, 6.45) is 0. The van der Waals surface area contributed by atoms with E-state index in [1.807, 2.05) is 0 Å². The Morgan fingerprint density at radius 2 is 1.07 bits per heavy atom. The molecule has 2 bridgehead atoms. The molecule has 11 rings (SSSR count). The van der Waals surface area contributed by atoms with Crippen LogP contribution in [0.15, 0.2) is 152 Å². The molecule has 0 saturated carbocycles. The van der Waals surface area contributed by atoms with E-state index in [-0.39, 0.29) is 5.41 Å². The summed E-state index contributed by atoms with van der Waals surface area (Å²) >= 11 is 0. The molecule has 2 unspecified atom stereocenters. The lowest BCUT2D eigenvalue weighted by Crippen LogP contribution is -2.33. The largest absolute Gasteiger partial charge is 0.193 e. The van der Waals surface area contributed by atoms with Crippen LogP contribution in [0, 0.1) is 6.92 Å². The summed E-state index contributed by atoms with van der Waals surface area (Å²) in [5.74, 6) is 0. The second-order valence-corrected chi connectivity index (χ2v) is 13.1. The number of para-hydroxylation sites is 1. The Bertz CT molecular complexity index is 2450. The van der Waals surface area contributed by atoms with Crippen molar-refractivity contribution in [3.8, 4) is 44.5 Å². The Morgan fingerprint density at radius 1 is 0.400 bits per heavy atom. The van der Waals surface area contributed by atoms with E-state index < -0.39 is 0 Å². The number of rotatable bonds is 1. The molecule has 1 nitrogen and oxygen atoms in total. The van der Waals surface area contributed by atoms with E-state index in [0.717, 1.165) is 0 Å². The normalized spacial score (nSPS) is 19.8. The van der Waals surface area contributed by atoms with Gasteiger partial charge >= 0.3 is 0 Å². The van der Waals surface area contributed by atoms with Crippen LogP contribution < -0.4 is 4.48 Å². The fraction of sp³-hybridized carbons (Fsp3) is 0.0455. The van der Waals surface area contributed by atoms with Crippen LogP contribution in [-0.2, 0) is 5.41 Å². The molecule has 2 heterocycles. The fourth-order valence-corrected chi connectivity index (χ4v) is 9.47. The van der Waals surface area contributed by atoms with Crippen molar-refractivity contribution in [2.75, 3.05) is 0 Å². The first kappa shape index (κ1) is 23.9. The first-order valence-corrected chi connectivity index (χ1v) is 15.9. The summed E-state index contributed by atoms with van der Waals surface area (Å²) in [6, 6.07) is 57.8. The topological polar surface area (TPSA) is 0 Å². The minimum Gasteiger partial charge on any atom is -0.193 e. The van der Waals surface area contributed by atoms with Crippen LogP contribution in [0.1, 0.15) is 27.8 Å². The van der Waals surface area contributed by atoms with Gasteiger partial charge in [0.1, 0.15) is 5.69 Å². The maximum absolute atomic E-state index is 2.56. The molecule has 0 radical (unpaired) electrons. The highest BCUT2D eigenvalue weighted by Gasteiger charge is 2.61. The molecule has 45 heavy (non-hydrogen) atoms. The Hall–Kier alpha value is -5.50. The van der Waals surface area contributed by atoms with Crippen LogP contribution in [0.25, 0.3) is 44.5 Å². The van der Waals surface area contributed by atoms with E-state index in [2.05, 4.69) is 159 Å². The van der Waals surface area contributed by atoms with Crippen LogP contribution in [-0.4, -0.2) is 0 Å². The lowest BCUT2D eigenvalue weighted by Gasteiger charge is -2.36. The van der Waals surface area contributed by atoms with Crippen molar-refractivity contribution in [2.24, 2.45) is 0 Å². The molecule has 2 spiro atoms. The maximum Gasteiger partial charge on any atom is 0.156 e. The number of hydrogen-bond donors (Lipinski definition) is 0. The number of hydrogen-bond acceptors (Lipinski definition) is 0. The number of quaternary nitrogens is 1. The monoisotopic (exact) mass is 570 g/mol. The number of benzene rings is 7. The molecule has 0 saturated heterocycles. The van der Waals surface area contributed by atoms with Crippen molar-refractivity contribution in [1.29, 1.82) is 0 Å². The molecule has 0 N–H and O–H groups in total. The molecule has 7 aromatic rings. The Labute approximate surface area is 262 Å². The third-order valence-electron chi connectivity index (χ3n) is 11.1. The van der Waals surface area contributed by atoms with Gasteiger partial charge in [-0.1, -0.05) is 103 Å². The van der Waals surface area contributed by atoms with Gasteiger partial charge in [0, 0.05) is 35.9 Å². The summed E-state index contributed by atoms with van der Waals surface area (Å²) in [7, 11) is 0.